The molecule has 4 rings (SSSR count). The van der Waals surface area contributed by atoms with Crippen molar-refractivity contribution in [3.63, 3.8) is 0 Å². The molecular formula is C25H34N4O. The lowest BCUT2D eigenvalue weighted by molar-refractivity contribution is -0.139. The minimum Gasteiger partial charge on any atom is -0.380 e. The van der Waals surface area contributed by atoms with Gasteiger partial charge in [-0.2, -0.15) is 0 Å². The summed E-state index contributed by atoms with van der Waals surface area (Å²) in [5.74, 6) is 0.400. The van der Waals surface area contributed by atoms with E-state index in [4.69, 9.17) is 0 Å². The Morgan fingerprint density at radius 2 is 1.87 bits per heavy atom. The number of hydrogen-bond acceptors (Lipinski definition) is 4. The van der Waals surface area contributed by atoms with Crippen molar-refractivity contribution in [3.05, 3.63) is 59.4 Å². The number of nitrogens with zero attached hydrogens (tertiary/aromatic N) is 3. The molecule has 1 amide bonds. The van der Waals surface area contributed by atoms with Crippen LogP contribution in [0.15, 0.2) is 42.6 Å². The van der Waals surface area contributed by atoms with E-state index in [1.165, 1.54) is 11.1 Å². The zero-order valence-electron chi connectivity index (χ0n) is 18.9. The highest BCUT2D eigenvalue weighted by molar-refractivity contribution is 5.79. The van der Waals surface area contributed by atoms with E-state index in [-0.39, 0.29) is 17.2 Å². The number of amides is 1. The standard InChI is InChI=1S/C25H34N4O/c1-25(2)22-9-7-6-8-17(22)14-23(25)27-19-10-11-20(26-15-19)16-29(5)24(30)18-12-21(13-18)28(3)4/h6-11,15,18,21,23,27H,12-14,16H2,1-5H3. The number of nitrogens with one attached hydrogen (secondary N) is 1. The van der Waals surface area contributed by atoms with Crippen molar-refractivity contribution >= 4 is 11.6 Å². The van der Waals surface area contributed by atoms with Crippen molar-refractivity contribution in [1.82, 2.24) is 14.8 Å². The van der Waals surface area contributed by atoms with Gasteiger partial charge >= 0.3 is 0 Å². The second-order valence-corrected chi connectivity index (χ2v) is 9.80. The number of anilines is 1. The summed E-state index contributed by atoms with van der Waals surface area (Å²) in [5, 5.41) is 3.69. The number of carbonyl (C=O) groups is 1. The van der Waals surface area contributed by atoms with Gasteiger partial charge in [0.15, 0.2) is 0 Å². The van der Waals surface area contributed by atoms with Crippen molar-refractivity contribution in [2.24, 2.45) is 5.92 Å². The Balaban J connectivity index is 1.33. The average molecular weight is 407 g/mol. The molecule has 2 aliphatic rings. The van der Waals surface area contributed by atoms with Crippen LogP contribution < -0.4 is 5.32 Å². The summed E-state index contributed by atoms with van der Waals surface area (Å²) in [7, 11) is 6.05. The molecule has 0 saturated heterocycles. The summed E-state index contributed by atoms with van der Waals surface area (Å²) in [6.45, 7) is 5.17. The van der Waals surface area contributed by atoms with Crippen LogP contribution in [0.25, 0.3) is 0 Å². The van der Waals surface area contributed by atoms with E-state index in [0.717, 1.165) is 30.6 Å². The maximum atomic E-state index is 12.6. The molecule has 1 saturated carbocycles. The van der Waals surface area contributed by atoms with Gasteiger partial charge in [-0.25, -0.2) is 0 Å². The van der Waals surface area contributed by atoms with Gasteiger partial charge < -0.3 is 15.1 Å². The molecule has 160 valence electrons. The number of rotatable bonds is 6. The van der Waals surface area contributed by atoms with Gasteiger partial charge in [0.05, 0.1) is 24.1 Å². The molecule has 0 radical (unpaired) electrons. The van der Waals surface area contributed by atoms with Gasteiger partial charge in [-0.15, -0.1) is 0 Å². The molecule has 5 heteroatoms. The first-order chi connectivity index (χ1) is 14.3. The quantitative estimate of drug-likeness (QED) is 0.795. The lowest BCUT2D eigenvalue weighted by Crippen LogP contribution is -2.47. The van der Waals surface area contributed by atoms with Gasteiger partial charge in [0.25, 0.3) is 0 Å². The van der Waals surface area contributed by atoms with E-state index in [9.17, 15) is 4.79 Å². The molecule has 2 aliphatic carbocycles. The fourth-order valence-corrected chi connectivity index (χ4v) is 4.87. The van der Waals surface area contributed by atoms with E-state index in [1.807, 2.05) is 24.2 Å². The largest absolute Gasteiger partial charge is 0.380 e. The van der Waals surface area contributed by atoms with Crippen LogP contribution in [0.4, 0.5) is 5.69 Å². The Kier molecular flexibility index (Phi) is 5.58. The summed E-state index contributed by atoms with van der Waals surface area (Å²) < 4.78 is 0. The number of pyridine rings is 1. The summed E-state index contributed by atoms with van der Waals surface area (Å²) in [4.78, 5) is 21.3. The predicted molar refractivity (Wildman–Crippen MR) is 121 cm³/mol. The van der Waals surface area contributed by atoms with Crippen LogP contribution in [0.5, 0.6) is 0 Å². The molecule has 1 fully saturated rings. The molecule has 1 unspecified atom stereocenters. The Labute approximate surface area is 180 Å². The monoisotopic (exact) mass is 406 g/mol. The molecule has 5 nitrogen and oxygen atoms in total. The van der Waals surface area contributed by atoms with Crippen LogP contribution in [0.1, 0.15) is 43.5 Å². The van der Waals surface area contributed by atoms with E-state index in [1.54, 1.807) is 0 Å². The van der Waals surface area contributed by atoms with Gasteiger partial charge in [0.1, 0.15) is 0 Å². The second-order valence-electron chi connectivity index (χ2n) is 9.80. The van der Waals surface area contributed by atoms with Gasteiger partial charge in [0.2, 0.25) is 5.91 Å². The summed E-state index contributed by atoms with van der Waals surface area (Å²) >= 11 is 0. The van der Waals surface area contributed by atoms with Crippen molar-refractivity contribution in [2.75, 3.05) is 26.5 Å². The van der Waals surface area contributed by atoms with Crippen molar-refractivity contribution in [1.29, 1.82) is 0 Å². The van der Waals surface area contributed by atoms with Crippen molar-refractivity contribution in [2.45, 2.75) is 57.2 Å². The zero-order valence-corrected chi connectivity index (χ0v) is 18.9. The third-order valence-electron chi connectivity index (χ3n) is 7.14. The van der Waals surface area contributed by atoms with Crippen LogP contribution in [0.3, 0.4) is 0 Å². The molecular weight excluding hydrogens is 372 g/mol. The topological polar surface area (TPSA) is 48.5 Å². The molecule has 1 heterocycles. The average Bonchev–Trinajstić information content (AvgIpc) is 2.92. The Morgan fingerprint density at radius 3 is 2.50 bits per heavy atom. The molecule has 1 aromatic heterocycles. The molecule has 0 bridgehead atoms. The van der Waals surface area contributed by atoms with E-state index in [0.29, 0.717) is 18.6 Å². The van der Waals surface area contributed by atoms with E-state index < -0.39 is 0 Å². The molecule has 1 aromatic carbocycles. The molecule has 2 aromatic rings. The van der Waals surface area contributed by atoms with Crippen LogP contribution >= 0.6 is 0 Å². The Morgan fingerprint density at radius 1 is 1.13 bits per heavy atom. The number of hydrogen-bond donors (Lipinski definition) is 1. The van der Waals surface area contributed by atoms with Gasteiger partial charge in [-0.05, 0) is 56.6 Å². The Bertz CT molecular complexity index is 900. The first-order valence-corrected chi connectivity index (χ1v) is 11.0. The summed E-state index contributed by atoms with van der Waals surface area (Å²) in [5.41, 5.74) is 4.90. The van der Waals surface area contributed by atoms with Crippen molar-refractivity contribution in [3.8, 4) is 0 Å². The van der Waals surface area contributed by atoms with Crippen LogP contribution in [-0.2, 0) is 23.2 Å². The highest BCUT2D eigenvalue weighted by atomic mass is 16.2. The fraction of sp³-hybridized carbons (Fsp3) is 0.520. The van der Waals surface area contributed by atoms with Gasteiger partial charge in [-0.1, -0.05) is 38.1 Å². The molecule has 0 spiro atoms. The normalized spacial score (nSPS) is 24.3. The maximum Gasteiger partial charge on any atom is 0.225 e. The van der Waals surface area contributed by atoms with Gasteiger partial charge in [0, 0.05) is 30.5 Å². The highest BCUT2D eigenvalue weighted by Crippen LogP contribution is 2.39. The third kappa shape index (κ3) is 3.95. The third-order valence-corrected chi connectivity index (χ3v) is 7.14. The fourth-order valence-electron chi connectivity index (χ4n) is 4.87. The summed E-state index contributed by atoms with van der Waals surface area (Å²) in [6.07, 6.45) is 4.85. The van der Waals surface area contributed by atoms with Crippen LogP contribution in [-0.4, -0.2) is 53.9 Å². The number of benzene rings is 1. The molecule has 1 N–H and O–H groups in total. The summed E-state index contributed by atoms with van der Waals surface area (Å²) in [6, 6.07) is 13.7. The maximum absolute atomic E-state index is 12.6. The number of aromatic nitrogens is 1. The minimum atomic E-state index is 0.0785. The lowest BCUT2D eigenvalue weighted by atomic mass is 9.78. The van der Waals surface area contributed by atoms with Crippen LogP contribution in [0.2, 0.25) is 0 Å². The first-order valence-electron chi connectivity index (χ1n) is 11.0. The van der Waals surface area contributed by atoms with Crippen molar-refractivity contribution < 1.29 is 4.79 Å². The Hall–Kier alpha value is -2.40. The van der Waals surface area contributed by atoms with E-state index in [2.05, 4.69) is 73.5 Å². The molecule has 1 atom stereocenters. The highest BCUT2D eigenvalue weighted by Gasteiger charge is 2.39. The zero-order chi connectivity index (χ0) is 21.5. The smallest absolute Gasteiger partial charge is 0.225 e. The lowest BCUT2D eigenvalue weighted by Gasteiger charge is -2.40. The molecule has 0 aliphatic heterocycles. The predicted octanol–water partition coefficient (Wildman–Crippen LogP) is 3.69. The molecule has 30 heavy (non-hydrogen) atoms. The first kappa shape index (κ1) is 20.9. The number of carbonyl (C=O) groups excluding carboxylic acids is 1. The van der Waals surface area contributed by atoms with Crippen LogP contribution in [0, 0.1) is 5.92 Å². The van der Waals surface area contributed by atoms with Gasteiger partial charge in [-0.3, -0.25) is 9.78 Å². The second kappa shape index (κ2) is 8.03. The van der Waals surface area contributed by atoms with E-state index >= 15 is 0 Å². The SMILES string of the molecule is CN(Cc1ccc(NC2Cc3ccccc3C2(C)C)cn1)C(=O)C1CC(N(C)C)C1. The number of fused-ring (bicyclic) bond motifs is 1. The minimum absolute atomic E-state index is 0.0785.